The molecular weight excluding hydrogens is 396 g/mol. The van der Waals surface area contributed by atoms with Crippen LogP contribution in [0.3, 0.4) is 0 Å². The van der Waals surface area contributed by atoms with Crippen molar-refractivity contribution in [2.45, 2.75) is 168 Å². The van der Waals surface area contributed by atoms with E-state index < -0.39 is 8.32 Å². The predicted octanol–water partition coefficient (Wildman–Crippen LogP) is 10.2. The maximum absolute atomic E-state index is 12.5. The second-order valence-corrected chi connectivity index (χ2v) is 13.8. The molecule has 0 atom stereocenters. The fraction of sp³-hybridized carbons (Fsp3) is 0.929. The van der Waals surface area contributed by atoms with E-state index in [9.17, 15) is 4.79 Å². The topological polar surface area (TPSA) is 26.3 Å². The zero-order valence-electron chi connectivity index (χ0n) is 22.0. The summed E-state index contributed by atoms with van der Waals surface area (Å²) in [7, 11) is -1.98. The minimum atomic E-state index is -1.98. The van der Waals surface area contributed by atoms with Crippen molar-refractivity contribution in [2.24, 2.45) is 0 Å². The van der Waals surface area contributed by atoms with Gasteiger partial charge in [0.15, 0.2) is 0 Å². The molecule has 0 aromatic heterocycles. The van der Waals surface area contributed by atoms with Crippen molar-refractivity contribution >= 4 is 14.3 Å². The summed E-state index contributed by atoms with van der Waals surface area (Å²) in [6, 6.07) is 3.60. The second-order valence-electron chi connectivity index (χ2n) is 9.77. The molecule has 185 valence electrons. The van der Waals surface area contributed by atoms with Gasteiger partial charge < -0.3 is 4.43 Å². The van der Waals surface area contributed by atoms with Crippen LogP contribution in [0, 0.1) is 6.42 Å². The quantitative estimate of drug-likeness (QED) is 0.107. The number of hydrogen-bond acceptors (Lipinski definition) is 2. The van der Waals surface area contributed by atoms with Crippen LogP contribution in [0.25, 0.3) is 0 Å². The van der Waals surface area contributed by atoms with E-state index in [1.54, 1.807) is 6.42 Å². The SMILES string of the molecule is CC[CH]C(=O)O[Si](CCCCCCCC)(CCCCCCCC)CCCCCCCC. The molecule has 3 heteroatoms. The summed E-state index contributed by atoms with van der Waals surface area (Å²) < 4.78 is 6.41. The van der Waals surface area contributed by atoms with Gasteiger partial charge in [-0.05, 0) is 24.6 Å². The lowest BCUT2D eigenvalue weighted by atomic mass is 10.1. The lowest BCUT2D eigenvalue weighted by Crippen LogP contribution is -2.40. The first-order valence-electron chi connectivity index (χ1n) is 14.2. The van der Waals surface area contributed by atoms with Gasteiger partial charge in [0.1, 0.15) is 0 Å². The van der Waals surface area contributed by atoms with Crippen LogP contribution in [0.5, 0.6) is 0 Å². The van der Waals surface area contributed by atoms with Crippen molar-refractivity contribution in [1.82, 2.24) is 0 Å². The Bertz CT molecular complexity index is 342. The van der Waals surface area contributed by atoms with Crippen LogP contribution in [-0.4, -0.2) is 14.3 Å². The summed E-state index contributed by atoms with van der Waals surface area (Å²) >= 11 is 0. The van der Waals surface area contributed by atoms with E-state index in [0.29, 0.717) is 0 Å². The molecule has 0 aliphatic rings. The molecule has 0 bridgehead atoms. The van der Waals surface area contributed by atoms with Gasteiger partial charge in [0.05, 0.1) is 6.42 Å². The van der Waals surface area contributed by atoms with Gasteiger partial charge in [-0.3, -0.25) is 4.79 Å². The Morgan fingerprint density at radius 1 is 0.548 bits per heavy atom. The summed E-state index contributed by atoms with van der Waals surface area (Å²) in [5.41, 5.74) is 0. The monoisotopic (exact) mass is 453 g/mol. The Morgan fingerprint density at radius 3 is 1.19 bits per heavy atom. The molecule has 2 nitrogen and oxygen atoms in total. The number of unbranched alkanes of at least 4 members (excludes halogenated alkanes) is 15. The van der Waals surface area contributed by atoms with Gasteiger partial charge >= 0.3 is 0 Å². The zero-order valence-corrected chi connectivity index (χ0v) is 23.0. The Morgan fingerprint density at radius 2 is 0.871 bits per heavy atom. The molecule has 31 heavy (non-hydrogen) atoms. The van der Waals surface area contributed by atoms with Crippen LogP contribution >= 0.6 is 0 Å². The predicted molar refractivity (Wildman–Crippen MR) is 141 cm³/mol. The van der Waals surface area contributed by atoms with E-state index in [4.69, 9.17) is 4.43 Å². The fourth-order valence-electron chi connectivity index (χ4n) is 4.63. The summed E-state index contributed by atoms with van der Waals surface area (Å²) in [6.07, 6.45) is 26.4. The van der Waals surface area contributed by atoms with E-state index in [1.807, 2.05) is 6.92 Å². The number of carbonyl (C=O) groups is 1. The first-order chi connectivity index (χ1) is 15.1. The van der Waals surface area contributed by atoms with E-state index in [0.717, 1.165) is 6.42 Å². The van der Waals surface area contributed by atoms with E-state index in [2.05, 4.69) is 20.8 Å². The summed E-state index contributed by atoms with van der Waals surface area (Å²) in [5.74, 6) is -0.0166. The smallest absolute Gasteiger partial charge is 0.296 e. The van der Waals surface area contributed by atoms with Crippen molar-refractivity contribution in [3.05, 3.63) is 6.42 Å². The third-order valence-electron chi connectivity index (χ3n) is 6.65. The lowest BCUT2D eigenvalue weighted by Gasteiger charge is -2.32. The molecule has 1 radical (unpaired) electrons. The van der Waals surface area contributed by atoms with Crippen LogP contribution in [0.2, 0.25) is 18.1 Å². The molecule has 0 rings (SSSR count). The average Bonchev–Trinajstić information content (AvgIpc) is 2.75. The Hall–Kier alpha value is -0.313. The van der Waals surface area contributed by atoms with Gasteiger partial charge in [0.25, 0.3) is 14.3 Å². The molecule has 0 aliphatic heterocycles. The third-order valence-corrected chi connectivity index (χ3v) is 11.1. The van der Waals surface area contributed by atoms with Gasteiger partial charge in [-0.25, -0.2) is 0 Å². The summed E-state index contributed by atoms with van der Waals surface area (Å²) in [6.45, 7) is 8.88. The molecule has 0 amide bonds. The van der Waals surface area contributed by atoms with Crippen molar-refractivity contribution in [2.75, 3.05) is 0 Å². The maximum Gasteiger partial charge on any atom is 0.296 e. The van der Waals surface area contributed by atoms with Crippen molar-refractivity contribution in [1.29, 1.82) is 0 Å². The van der Waals surface area contributed by atoms with Crippen LogP contribution in [0.4, 0.5) is 0 Å². The van der Waals surface area contributed by atoms with E-state index in [-0.39, 0.29) is 5.97 Å². The lowest BCUT2D eigenvalue weighted by molar-refractivity contribution is -0.131. The van der Waals surface area contributed by atoms with Gasteiger partial charge in [-0.2, -0.15) is 0 Å². The number of rotatable bonds is 24. The van der Waals surface area contributed by atoms with Crippen molar-refractivity contribution in [3.8, 4) is 0 Å². The molecule has 0 saturated carbocycles. The zero-order chi connectivity index (χ0) is 23.0. The minimum Gasteiger partial charge on any atom is -0.519 e. The number of carbonyl (C=O) groups excluding carboxylic acids is 1. The average molecular weight is 454 g/mol. The highest BCUT2D eigenvalue weighted by atomic mass is 28.4. The van der Waals surface area contributed by atoms with Crippen LogP contribution in [0.15, 0.2) is 0 Å². The van der Waals surface area contributed by atoms with Crippen LogP contribution < -0.4 is 0 Å². The Kier molecular flexibility index (Phi) is 22.6. The highest BCUT2D eigenvalue weighted by Gasteiger charge is 2.36. The molecule has 0 heterocycles. The second kappa shape index (κ2) is 22.9. The molecule has 0 fully saturated rings. The molecule has 0 aliphatic carbocycles. The first kappa shape index (κ1) is 30.7. The van der Waals surface area contributed by atoms with Crippen LogP contribution in [-0.2, 0) is 9.22 Å². The Balaban J connectivity index is 4.82. The molecule has 0 N–H and O–H groups in total. The van der Waals surface area contributed by atoms with Gasteiger partial charge in [0.2, 0.25) is 0 Å². The highest BCUT2D eigenvalue weighted by Crippen LogP contribution is 2.31. The van der Waals surface area contributed by atoms with Crippen molar-refractivity contribution < 1.29 is 9.22 Å². The van der Waals surface area contributed by atoms with E-state index in [1.165, 1.54) is 134 Å². The molecule has 0 saturated heterocycles. The van der Waals surface area contributed by atoms with Gasteiger partial charge in [-0.15, -0.1) is 0 Å². The molecule has 0 unspecified atom stereocenters. The largest absolute Gasteiger partial charge is 0.519 e. The minimum absolute atomic E-state index is 0.0166. The van der Waals surface area contributed by atoms with Crippen LogP contribution in [0.1, 0.15) is 150 Å². The summed E-state index contributed by atoms with van der Waals surface area (Å²) in [5, 5.41) is 0. The molecule has 0 aromatic rings. The standard InChI is InChI=1S/C28H57O2Si/c1-5-9-12-15-18-21-25-31(30-28(29)24-8-4,26-22-19-16-13-10-6-2)27-23-20-17-14-11-7-3/h24H,5-23,25-27H2,1-4H3. The molecular formula is C28H57O2Si. The fourth-order valence-corrected chi connectivity index (χ4v) is 8.88. The number of hydrogen-bond donors (Lipinski definition) is 0. The third kappa shape index (κ3) is 18.9. The van der Waals surface area contributed by atoms with Crippen molar-refractivity contribution in [3.63, 3.8) is 0 Å². The Labute approximate surface area is 197 Å². The normalized spacial score (nSPS) is 11.7. The molecule has 0 spiro atoms. The molecule has 0 aromatic carbocycles. The first-order valence-corrected chi connectivity index (χ1v) is 16.7. The highest BCUT2D eigenvalue weighted by molar-refractivity contribution is 6.75. The van der Waals surface area contributed by atoms with E-state index >= 15 is 0 Å². The van der Waals surface area contributed by atoms with Gasteiger partial charge in [-0.1, -0.05) is 143 Å². The van der Waals surface area contributed by atoms with Gasteiger partial charge in [0, 0.05) is 0 Å². The maximum atomic E-state index is 12.5. The summed E-state index contributed by atoms with van der Waals surface area (Å²) in [4.78, 5) is 12.5.